The molecular formula is C17H14ClFN4O4S. The lowest BCUT2D eigenvalue weighted by molar-refractivity contribution is 0.0946. The van der Waals surface area contributed by atoms with Crippen LogP contribution in [0.1, 0.15) is 21.8 Å². The van der Waals surface area contributed by atoms with Crippen LogP contribution in [0, 0.1) is 5.82 Å². The van der Waals surface area contributed by atoms with Crippen LogP contribution in [0.4, 0.5) is 4.39 Å². The highest BCUT2D eigenvalue weighted by Gasteiger charge is 2.16. The number of carbonyl (C=O) groups excluding carboxylic acids is 1. The van der Waals surface area contributed by atoms with Crippen molar-refractivity contribution in [3.63, 3.8) is 0 Å². The number of nitrogens with zero attached hydrogens (tertiary/aromatic N) is 2. The fourth-order valence-electron chi connectivity index (χ4n) is 2.16. The average Bonchev–Trinajstić information content (AvgIpc) is 3.20. The molecule has 11 heteroatoms. The van der Waals surface area contributed by atoms with E-state index < -0.39 is 15.8 Å². The van der Waals surface area contributed by atoms with Gasteiger partial charge < -0.3 is 9.84 Å². The SMILES string of the molecule is O=C(NCc1ccno1)c1ccc(CNS(=O)(=O)c2ccc(F)c(Cl)c2)nc1. The third-order valence-electron chi connectivity index (χ3n) is 3.65. The van der Waals surface area contributed by atoms with Gasteiger partial charge in [-0.15, -0.1) is 0 Å². The van der Waals surface area contributed by atoms with Crippen LogP contribution < -0.4 is 10.0 Å². The molecule has 0 radical (unpaired) electrons. The van der Waals surface area contributed by atoms with Gasteiger partial charge in [0.2, 0.25) is 10.0 Å². The maximum absolute atomic E-state index is 13.2. The van der Waals surface area contributed by atoms with E-state index in [4.69, 9.17) is 16.1 Å². The second-order valence-corrected chi connectivity index (χ2v) is 7.77. The smallest absolute Gasteiger partial charge is 0.253 e. The first-order valence-electron chi connectivity index (χ1n) is 7.92. The number of halogens is 2. The lowest BCUT2D eigenvalue weighted by Crippen LogP contribution is -2.24. The normalized spacial score (nSPS) is 11.4. The largest absolute Gasteiger partial charge is 0.360 e. The van der Waals surface area contributed by atoms with Gasteiger partial charge in [-0.25, -0.2) is 17.5 Å². The van der Waals surface area contributed by atoms with Gasteiger partial charge in [-0.3, -0.25) is 9.78 Å². The Morgan fingerprint density at radius 2 is 2.00 bits per heavy atom. The van der Waals surface area contributed by atoms with Gasteiger partial charge in [-0.1, -0.05) is 16.8 Å². The van der Waals surface area contributed by atoms with Crippen molar-refractivity contribution in [3.05, 3.63) is 76.6 Å². The van der Waals surface area contributed by atoms with E-state index in [0.29, 0.717) is 17.0 Å². The van der Waals surface area contributed by atoms with E-state index in [1.165, 1.54) is 24.5 Å². The molecule has 0 unspecified atom stereocenters. The summed E-state index contributed by atoms with van der Waals surface area (Å²) in [6, 6.07) is 7.77. The van der Waals surface area contributed by atoms with Crippen LogP contribution in [0.15, 0.2) is 58.2 Å². The standard InChI is InChI=1S/C17H14ClFN4O4S/c18-15-7-14(3-4-16(15)19)28(25,26)23-9-12-2-1-11(8-20-12)17(24)21-10-13-5-6-22-27-13/h1-8,23H,9-10H2,(H,21,24). The number of benzene rings is 1. The first kappa shape index (κ1) is 19.9. The molecule has 0 saturated carbocycles. The van der Waals surface area contributed by atoms with Crippen LogP contribution in [0.3, 0.4) is 0 Å². The average molecular weight is 425 g/mol. The van der Waals surface area contributed by atoms with E-state index in [1.807, 2.05) is 0 Å². The Balaban J connectivity index is 1.59. The van der Waals surface area contributed by atoms with Crippen molar-refractivity contribution >= 4 is 27.5 Å². The van der Waals surface area contributed by atoms with E-state index in [2.05, 4.69) is 20.2 Å². The molecular weight excluding hydrogens is 411 g/mol. The Bertz CT molecular complexity index is 1070. The number of amides is 1. The van der Waals surface area contributed by atoms with Gasteiger partial charge in [0.15, 0.2) is 5.76 Å². The molecule has 28 heavy (non-hydrogen) atoms. The summed E-state index contributed by atoms with van der Waals surface area (Å²) >= 11 is 5.62. The predicted molar refractivity (Wildman–Crippen MR) is 97.3 cm³/mol. The molecule has 2 heterocycles. The minimum Gasteiger partial charge on any atom is -0.360 e. The van der Waals surface area contributed by atoms with Crippen molar-refractivity contribution in [3.8, 4) is 0 Å². The lowest BCUT2D eigenvalue weighted by atomic mass is 10.2. The summed E-state index contributed by atoms with van der Waals surface area (Å²) in [5.74, 6) is -0.565. The molecule has 1 amide bonds. The molecule has 3 aromatic rings. The second-order valence-electron chi connectivity index (χ2n) is 5.60. The highest BCUT2D eigenvalue weighted by Crippen LogP contribution is 2.19. The van der Waals surface area contributed by atoms with Gasteiger partial charge in [0.1, 0.15) is 5.82 Å². The number of carbonyl (C=O) groups is 1. The maximum Gasteiger partial charge on any atom is 0.253 e. The zero-order valence-electron chi connectivity index (χ0n) is 14.2. The quantitative estimate of drug-likeness (QED) is 0.601. The van der Waals surface area contributed by atoms with Crippen molar-refractivity contribution in [1.82, 2.24) is 20.2 Å². The highest BCUT2D eigenvalue weighted by molar-refractivity contribution is 7.89. The fourth-order valence-corrected chi connectivity index (χ4v) is 3.43. The third-order valence-corrected chi connectivity index (χ3v) is 5.33. The number of sulfonamides is 1. The van der Waals surface area contributed by atoms with Gasteiger partial charge in [-0.2, -0.15) is 0 Å². The molecule has 0 saturated heterocycles. The van der Waals surface area contributed by atoms with E-state index in [1.54, 1.807) is 6.07 Å². The maximum atomic E-state index is 13.2. The van der Waals surface area contributed by atoms with Crippen LogP contribution in [-0.2, 0) is 23.1 Å². The lowest BCUT2D eigenvalue weighted by Gasteiger charge is -2.08. The molecule has 0 spiro atoms. The summed E-state index contributed by atoms with van der Waals surface area (Å²) in [7, 11) is -3.89. The van der Waals surface area contributed by atoms with Gasteiger partial charge in [0.25, 0.3) is 5.91 Å². The summed E-state index contributed by atoms with van der Waals surface area (Å²) < 4.78 is 44.9. The van der Waals surface area contributed by atoms with Crippen LogP contribution in [0.5, 0.6) is 0 Å². The molecule has 0 aliphatic rings. The molecule has 0 fully saturated rings. The first-order valence-corrected chi connectivity index (χ1v) is 9.79. The van der Waals surface area contributed by atoms with Gasteiger partial charge >= 0.3 is 0 Å². The topological polar surface area (TPSA) is 114 Å². The minimum absolute atomic E-state index is 0.114. The van der Waals surface area contributed by atoms with E-state index >= 15 is 0 Å². The number of hydrogen-bond donors (Lipinski definition) is 2. The zero-order chi connectivity index (χ0) is 20.1. The summed E-state index contributed by atoms with van der Waals surface area (Å²) in [5, 5.41) is 5.89. The van der Waals surface area contributed by atoms with Gasteiger partial charge in [0, 0.05) is 12.3 Å². The highest BCUT2D eigenvalue weighted by atomic mass is 35.5. The van der Waals surface area contributed by atoms with Crippen molar-refractivity contribution < 1.29 is 22.1 Å². The molecule has 0 atom stereocenters. The molecule has 3 rings (SSSR count). The van der Waals surface area contributed by atoms with Crippen LogP contribution >= 0.6 is 11.6 Å². The molecule has 8 nitrogen and oxygen atoms in total. The molecule has 2 N–H and O–H groups in total. The summed E-state index contributed by atoms with van der Waals surface area (Å²) in [6.07, 6.45) is 2.80. The van der Waals surface area contributed by atoms with Crippen LogP contribution in [0.2, 0.25) is 5.02 Å². The summed E-state index contributed by atoms with van der Waals surface area (Å²) in [6.45, 7) is 0.0674. The van der Waals surface area contributed by atoms with Crippen molar-refractivity contribution in [2.75, 3.05) is 0 Å². The van der Waals surface area contributed by atoms with Crippen molar-refractivity contribution in [2.45, 2.75) is 18.0 Å². The molecule has 0 aliphatic heterocycles. The molecule has 146 valence electrons. The first-order chi connectivity index (χ1) is 13.3. The number of hydrogen-bond acceptors (Lipinski definition) is 6. The molecule has 0 aliphatic carbocycles. The van der Waals surface area contributed by atoms with Crippen molar-refractivity contribution in [2.24, 2.45) is 0 Å². The number of nitrogens with one attached hydrogen (secondary N) is 2. The Morgan fingerprint density at radius 1 is 1.18 bits per heavy atom. The van der Waals surface area contributed by atoms with Crippen molar-refractivity contribution in [1.29, 1.82) is 0 Å². The second kappa shape index (κ2) is 8.46. The van der Waals surface area contributed by atoms with Crippen LogP contribution in [-0.4, -0.2) is 24.5 Å². The Labute approximate surface area is 164 Å². The molecule has 2 aromatic heterocycles. The zero-order valence-corrected chi connectivity index (χ0v) is 15.8. The Kier molecular flexibility index (Phi) is 6.02. The van der Waals surface area contributed by atoms with Crippen LogP contribution in [0.25, 0.3) is 0 Å². The minimum atomic E-state index is -3.89. The van der Waals surface area contributed by atoms with Gasteiger partial charge in [0.05, 0.1) is 40.5 Å². The number of pyridine rings is 1. The fraction of sp³-hybridized carbons (Fsp3) is 0.118. The Hall–Kier alpha value is -2.82. The Morgan fingerprint density at radius 3 is 2.64 bits per heavy atom. The molecule has 1 aromatic carbocycles. The predicted octanol–water partition coefficient (Wildman–Crippen LogP) is 2.27. The monoisotopic (exact) mass is 424 g/mol. The summed E-state index contributed by atoms with van der Waals surface area (Å²) in [4.78, 5) is 15.9. The van der Waals surface area contributed by atoms with Gasteiger partial charge in [-0.05, 0) is 30.3 Å². The molecule has 0 bridgehead atoms. The number of aromatic nitrogens is 2. The van der Waals surface area contributed by atoms with E-state index in [-0.39, 0.29) is 28.9 Å². The third kappa shape index (κ3) is 4.91. The summed E-state index contributed by atoms with van der Waals surface area (Å²) in [5.41, 5.74) is 0.694. The van der Waals surface area contributed by atoms with E-state index in [0.717, 1.165) is 18.2 Å². The van der Waals surface area contributed by atoms with E-state index in [9.17, 15) is 17.6 Å². The number of rotatable bonds is 7.